The van der Waals surface area contributed by atoms with E-state index in [0.29, 0.717) is 6.04 Å². The largest absolute Gasteiger partial charge is 0.330 e. The van der Waals surface area contributed by atoms with E-state index in [9.17, 15) is 0 Å². The zero-order valence-electron chi connectivity index (χ0n) is 10.6. The van der Waals surface area contributed by atoms with Gasteiger partial charge in [-0.2, -0.15) is 0 Å². The lowest BCUT2D eigenvalue weighted by Crippen LogP contribution is -2.31. The van der Waals surface area contributed by atoms with Gasteiger partial charge in [-0.05, 0) is 65.8 Å². The Morgan fingerprint density at radius 2 is 2.20 bits per heavy atom. The molecule has 1 heterocycles. The Hall–Kier alpha value is -0.120. The summed E-state index contributed by atoms with van der Waals surface area (Å²) in [6, 6.07) is 0.667. The lowest BCUT2D eigenvalue weighted by atomic mass is 10.1. The number of rotatable bonds is 6. The van der Waals surface area contributed by atoms with Crippen molar-refractivity contribution in [1.82, 2.24) is 9.80 Å². The highest BCUT2D eigenvalue weighted by Gasteiger charge is 2.20. The summed E-state index contributed by atoms with van der Waals surface area (Å²) >= 11 is 0. The molecule has 1 unspecified atom stereocenters. The number of hydrogen-bond donors (Lipinski definition) is 1. The molecule has 1 atom stereocenters. The molecule has 2 N–H and O–H groups in total. The van der Waals surface area contributed by atoms with E-state index in [2.05, 4.69) is 30.7 Å². The van der Waals surface area contributed by atoms with Gasteiger partial charge in [-0.1, -0.05) is 0 Å². The van der Waals surface area contributed by atoms with Crippen molar-refractivity contribution < 1.29 is 0 Å². The molecule has 90 valence electrons. The Morgan fingerprint density at radius 1 is 1.47 bits per heavy atom. The molecule has 15 heavy (non-hydrogen) atoms. The minimum absolute atomic E-state index is 0.667. The monoisotopic (exact) mass is 213 g/mol. The lowest BCUT2D eigenvalue weighted by Gasteiger charge is -2.22. The van der Waals surface area contributed by atoms with E-state index in [4.69, 9.17) is 5.73 Å². The van der Waals surface area contributed by atoms with Crippen LogP contribution in [-0.2, 0) is 0 Å². The maximum atomic E-state index is 5.68. The second-order valence-electron chi connectivity index (χ2n) is 5.12. The Kier molecular flexibility index (Phi) is 5.58. The van der Waals surface area contributed by atoms with E-state index in [0.717, 1.165) is 12.5 Å². The van der Waals surface area contributed by atoms with Gasteiger partial charge in [-0.15, -0.1) is 0 Å². The highest BCUT2D eigenvalue weighted by atomic mass is 15.2. The molecule has 1 aliphatic heterocycles. The van der Waals surface area contributed by atoms with Crippen molar-refractivity contribution in [1.29, 1.82) is 0 Å². The summed E-state index contributed by atoms with van der Waals surface area (Å²) in [5.41, 5.74) is 5.68. The Morgan fingerprint density at radius 3 is 2.73 bits per heavy atom. The fraction of sp³-hybridized carbons (Fsp3) is 1.00. The van der Waals surface area contributed by atoms with E-state index < -0.39 is 0 Å². The summed E-state index contributed by atoms with van der Waals surface area (Å²) in [5.74, 6) is 0.757. The third-order valence-corrected chi connectivity index (χ3v) is 3.57. The van der Waals surface area contributed by atoms with Gasteiger partial charge < -0.3 is 15.5 Å². The van der Waals surface area contributed by atoms with Crippen LogP contribution in [-0.4, -0.2) is 55.6 Å². The van der Waals surface area contributed by atoms with Gasteiger partial charge in [0.25, 0.3) is 0 Å². The standard InChI is InChI=1S/C12H27N3/c1-11(2)14(3)6-4-7-15-8-5-12(9-13)10-15/h11-12H,4-10,13H2,1-3H3. The van der Waals surface area contributed by atoms with Gasteiger partial charge in [0.15, 0.2) is 0 Å². The molecule has 0 aromatic carbocycles. The third-order valence-electron chi connectivity index (χ3n) is 3.57. The maximum Gasteiger partial charge on any atom is 0.00355 e. The molecule has 0 radical (unpaired) electrons. The quantitative estimate of drug-likeness (QED) is 0.714. The van der Waals surface area contributed by atoms with E-state index >= 15 is 0 Å². The Bertz CT molecular complexity index is 170. The highest BCUT2D eigenvalue weighted by molar-refractivity contribution is 4.76. The van der Waals surface area contributed by atoms with Crippen LogP contribution in [0.15, 0.2) is 0 Å². The average Bonchev–Trinajstić information content (AvgIpc) is 2.65. The summed E-state index contributed by atoms with van der Waals surface area (Å²) in [6.07, 6.45) is 2.59. The molecule has 0 aromatic rings. The zero-order valence-corrected chi connectivity index (χ0v) is 10.6. The van der Waals surface area contributed by atoms with Crippen LogP contribution >= 0.6 is 0 Å². The molecule has 1 fully saturated rings. The van der Waals surface area contributed by atoms with Gasteiger partial charge in [0.1, 0.15) is 0 Å². The normalized spacial score (nSPS) is 23.2. The molecule has 3 heteroatoms. The van der Waals surface area contributed by atoms with Crippen LogP contribution in [0.1, 0.15) is 26.7 Å². The molecule has 0 saturated carbocycles. The minimum Gasteiger partial charge on any atom is -0.330 e. The van der Waals surface area contributed by atoms with Crippen molar-refractivity contribution in [3.05, 3.63) is 0 Å². The van der Waals surface area contributed by atoms with E-state index in [1.165, 1.54) is 39.0 Å². The molecular weight excluding hydrogens is 186 g/mol. The summed E-state index contributed by atoms with van der Waals surface area (Å²) in [5, 5.41) is 0. The number of nitrogens with two attached hydrogens (primary N) is 1. The predicted octanol–water partition coefficient (Wildman–Crippen LogP) is 0.997. The van der Waals surface area contributed by atoms with Crippen LogP contribution in [0.5, 0.6) is 0 Å². The molecular formula is C12H27N3. The first-order valence-electron chi connectivity index (χ1n) is 6.26. The number of nitrogens with zero attached hydrogens (tertiary/aromatic N) is 2. The van der Waals surface area contributed by atoms with Crippen molar-refractivity contribution >= 4 is 0 Å². The van der Waals surface area contributed by atoms with Crippen LogP contribution in [0.3, 0.4) is 0 Å². The number of hydrogen-bond acceptors (Lipinski definition) is 3. The lowest BCUT2D eigenvalue weighted by molar-refractivity contribution is 0.242. The van der Waals surface area contributed by atoms with Gasteiger partial charge in [-0.25, -0.2) is 0 Å². The Labute approximate surface area is 94.6 Å². The van der Waals surface area contributed by atoms with E-state index in [1.54, 1.807) is 0 Å². The number of likely N-dealkylation sites (tertiary alicyclic amines) is 1. The minimum atomic E-state index is 0.667. The third kappa shape index (κ3) is 4.49. The van der Waals surface area contributed by atoms with Crippen molar-refractivity contribution in [2.45, 2.75) is 32.7 Å². The van der Waals surface area contributed by atoms with Crippen molar-refractivity contribution in [3.63, 3.8) is 0 Å². The zero-order chi connectivity index (χ0) is 11.3. The fourth-order valence-corrected chi connectivity index (χ4v) is 2.11. The SMILES string of the molecule is CC(C)N(C)CCCN1CCC(CN)C1. The van der Waals surface area contributed by atoms with Gasteiger partial charge in [0, 0.05) is 12.6 Å². The molecule has 0 aliphatic carbocycles. The molecule has 1 rings (SSSR count). The fourth-order valence-electron chi connectivity index (χ4n) is 2.11. The van der Waals surface area contributed by atoms with Gasteiger partial charge in [0.2, 0.25) is 0 Å². The second-order valence-corrected chi connectivity index (χ2v) is 5.12. The van der Waals surface area contributed by atoms with Crippen LogP contribution in [0.2, 0.25) is 0 Å². The molecule has 0 spiro atoms. The molecule has 1 aliphatic rings. The van der Waals surface area contributed by atoms with Crippen molar-refractivity contribution in [2.24, 2.45) is 11.7 Å². The smallest absolute Gasteiger partial charge is 0.00355 e. The molecule has 3 nitrogen and oxygen atoms in total. The Balaban J connectivity index is 2.06. The maximum absolute atomic E-state index is 5.68. The summed E-state index contributed by atoms with van der Waals surface area (Å²) < 4.78 is 0. The van der Waals surface area contributed by atoms with Gasteiger partial charge >= 0.3 is 0 Å². The van der Waals surface area contributed by atoms with Gasteiger partial charge in [-0.3, -0.25) is 0 Å². The first-order valence-corrected chi connectivity index (χ1v) is 6.26. The first-order chi connectivity index (χ1) is 7.13. The second kappa shape index (κ2) is 6.46. The topological polar surface area (TPSA) is 32.5 Å². The van der Waals surface area contributed by atoms with Crippen molar-refractivity contribution in [3.8, 4) is 0 Å². The summed E-state index contributed by atoms with van der Waals surface area (Å²) in [6.45, 7) is 10.3. The molecule has 1 saturated heterocycles. The van der Waals surface area contributed by atoms with Crippen molar-refractivity contribution in [2.75, 3.05) is 39.8 Å². The van der Waals surface area contributed by atoms with Crippen LogP contribution in [0.25, 0.3) is 0 Å². The first kappa shape index (κ1) is 12.9. The predicted molar refractivity (Wildman–Crippen MR) is 66.0 cm³/mol. The van der Waals surface area contributed by atoms with E-state index in [-0.39, 0.29) is 0 Å². The van der Waals surface area contributed by atoms with Crippen LogP contribution in [0, 0.1) is 5.92 Å². The highest BCUT2D eigenvalue weighted by Crippen LogP contribution is 2.14. The van der Waals surface area contributed by atoms with E-state index in [1.807, 2.05) is 0 Å². The van der Waals surface area contributed by atoms with Gasteiger partial charge in [0.05, 0.1) is 0 Å². The van der Waals surface area contributed by atoms with Crippen LogP contribution in [0.4, 0.5) is 0 Å². The van der Waals surface area contributed by atoms with Crippen LogP contribution < -0.4 is 5.73 Å². The summed E-state index contributed by atoms with van der Waals surface area (Å²) in [4.78, 5) is 4.97. The molecule has 0 aromatic heterocycles. The molecule has 0 amide bonds. The molecule has 0 bridgehead atoms. The summed E-state index contributed by atoms with van der Waals surface area (Å²) in [7, 11) is 2.21. The average molecular weight is 213 g/mol.